The van der Waals surface area contributed by atoms with Crippen LogP contribution in [0, 0.1) is 0 Å². The SMILES string of the molecule is COc1nn(-c2ccc(C(=O)N(C)C)cc2)cc1-n1cc2c(B3OC(C)(C)C(C)(C)O3)cccc2n1. The van der Waals surface area contributed by atoms with Crippen molar-refractivity contribution in [2.45, 2.75) is 38.9 Å². The molecule has 1 aliphatic rings. The van der Waals surface area contributed by atoms with Gasteiger partial charge >= 0.3 is 7.12 Å². The summed E-state index contributed by atoms with van der Waals surface area (Å²) in [4.78, 5) is 13.8. The van der Waals surface area contributed by atoms with Crippen LogP contribution in [0.15, 0.2) is 54.9 Å². The maximum absolute atomic E-state index is 12.2. The predicted molar refractivity (Wildman–Crippen MR) is 138 cm³/mol. The lowest BCUT2D eigenvalue weighted by molar-refractivity contribution is 0.00578. The number of fused-ring (bicyclic) bond motifs is 1. The maximum atomic E-state index is 12.2. The molecule has 0 aliphatic carbocycles. The summed E-state index contributed by atoms with van der Waals surface area (Å²) in [6.45, 7) is 8.16. The zero-order valence-corrected chi connectivity index (χ0v) is 21.6. The molecule has 4 aromatic rings. The molecule has 1 amide bonds. The smallest absolute Gasteiger partial charge is 0.478 e. The first kappa shape index (κ1) is 24.1. The molecule has 3 heterocycles. The van der Waals surface area contributed by atoms with Gasteiger partial charge in [-0.25, -0.2) is 9.36 Å². The van der Waals surface area contributed by atoms with E-state index in [1.165, 1.54) is 0 Å². The van der Waals surface area contributed by atoms with Crippen molar-refractivity contribution in [3.8, 4) is 17.3 Å². The van der Waals surface area contributed by atoms with Crippen LogP contribution in [0.3, 0.4) is 0 Å². The molecule has 0 saturated carbocycles. The Morgan fingerprint density at radius 2 is 1.61 bits per heavy atom. The first-order chi connectivity index (χ1) is 17.0. The molecule has 36 heavy (non-hydrogen) atoms. The molecule has 0 bridgehead atoms. The lowest BCUT2D eigenvalue weighted by Gasteiger charge is -2.32. The average Bonchev–Trinajstić information content (AvgIpc) is 3.51. The number of hydrogen-bond acceptors (Lipinski definition) is 6. The van der Waals surface area contributed by atoms with Crippen LogP contribution in [0.5, 0.6) is 5.88 Å². The largest absolute Gasteiger partial charge is 0.495 e. The predicted octanol–water partition coefficient (Wildman–Crippen LogP) is 3.22. The van der Waals surface area contributed by atoms with Crippen molar-refractivity contribution in [3.63, 3.8) is 0 Å². The summed E-state index contributed by atoms with van der Waals surface area (Å²) >= 11 is 0. The van der Waals surface area contributed by atoms with Crippen molar-refractivity contribution in [1.82, 2.24) is 24.5 Å². The first-order valence-corrected chi connectivity index (χ1v) is 11.8. The molecular weight excluding hydrogens is 457 g/mol. The van der Waals surface area contributed by atoms with Crippen molar-refractivity contribution in [2.75, 3.05) is 21.2 Å². The second-order valence-corrected chi connectivity index (χ2v) is 10.2. The van der Waals surface area contributed by atoms with E-state index in [1.54, 1.807) is 47.6 Å². The molecular formula is C26H30BN5O4. The molecule has 2 aromatic carbocycles. The Labute approximate surface area is 210 Å². The standard InChI is InChI=1S/C26H30BN5O4/c1-25(2)26(3,4)36-27(35-25)20-9-8-10-21-19(20)15-32(28-21)22-16-31(29-23(22)34-7)18-13-11-17(12-14-18)24(33)30(5)6/h8-16H,1-7H3. The van der Waals surface area contributed by atoms with E-state index in [9.17, 15) is 4.79 Å². The summed E-state index contributed by atoms with van der Waals surface area (Å²) in [5, 5.41) is 10.3. The lowest BCUT2D eigenvalue weighted by Crippen LogP contribution is -2.41. The van der Waals surface area contributed by atoms with E-state index in [1.807, 2.05) is 70.4 Å². The molecule has 10 heteroatoms. The van der Waals surface area contributed by atoms with Gasteiger partial charge < -0.3 is 18.9 Å². The molecule has 0 spiro atoms. The van der Waals surface area contributed by atoms with Gasteiger partial charge in [-0.15, -0.1) is 5.10 Å². The Bertz CT molecular complexity index is 1420. The van der Waals surface area contributed by atoms with Gasteiger partial charge in [0.1, 0.15) is 5.69 Å². The molecule has 1 aliphatic heterocycles. The quantitative estimate of drug-likeness (QED) is 0.402. The van der Waals surface area contributed by atoms with Gasteiger partial charge in [0.2, 0.25) is 0 Å². The molecule has 1 saturated heterocycles. The molecule has 0 unspecified atom stereocenters. The number of amides is 1. The van der Waals surface area contributed by atoms with E-state index >= 15 is 0 Å². The highest BCUT2D eigenvalue weighted by Crippen LogP contribution is 2.37. The molecule has 0 N–H and O–H groups in total. The number of ether oxygens (including phenoxy) is 1. The van der Waals surface area contributed by atoms with Crippen molar-refractivity contribution >= 4 is 29.4 Å². The second-order valence-electron chi connectivity index (χ2n) is 10.2. The Morgan fingerprint density at radius 3 is 2.22 bits per heavy atom. The van der Waals surface area contributed by atoms with E-state index in [0.717, 1.165) is 22.1 Å². The minimum atomic E-state index is -0.496. The van der Waals surface area contributed by atoms with Crippen LogP contribution in [0.1, 0.15) is 38.1 Å². The van der Waals surface area contributed by atoms with E-state index in [4.69, 9.17) is 19.1 Å². The van der Waals surface area contributed by atoms with Crippen LogP contribution >= 0.6 is 0 Å². The third-order valence-electron chi connectivity index (χ3n) is 6.98. The van der Waals surface area contributed by atoms with E-state index in [2.05, 4.69) is 5.10 Å². The van der Waals surface area contributed by atoms with Crippen LogP contribution < -0.4 is 10.2 Å². The van der Waals surface area contributed by atoms with Crippen LogP contribution in [0.2, 0.25) is 0 Å². The number of carbonyl (C=O) groups is 1. The van der Waals surface area contributed by atoms with E-state index in [-0.39, 0.29) is 5.91 Å². The van der Waals surface area contributed by atoms with Crippen molar-refractivity contribution in [3.05, 3.63) is 60.4 Å². The lowest BCUT2D eigenvalue weighted by atomic mass is 9.77. The monoisotopic (exact) mass is 487 g/mol. The van der Waals surface area contributed by atoms with Crippen LogP contribution in [-0.4, -0.2) is 69.9 Å². The van der Waals surface area contributed by atoms with Gasteiger partial charge in [0.25, 0.3) is 11.8 Å². The fourth-order valence-electron chi connectivity index (χ4n) is 4.16. The molecule has 1 fully saturated rings. The fourth-order valence-corrected chi connectivity index (χ4v) is 4.16. The minimum absolute atomic E-state index is 0.0543. The Hall–Kier alpha value is -3.63. The van der Waals surface area contributed by atoms with Crippen molar-refractivity contribution in [2.24, 2.45) is 0 Å². The summed E-state index contributed by atoms with van der Waals surface area (Å²) in [6.07, 6.45) is 3.79. The maximum Gasteiger partial charge on any atom is 0.495 e. The van der Waals surface area contributed by atoms with Crippen LogP contribution in [-0.2, 0) is 9.31 Å². The number of benzene rings is 2. The number of methoxy groups -OCH3 is 1. The normalized spacial score (nSPS) is 16.5. The van der Waals surface area contributed by atoms with Gasteiger partial charge in [0.05, 0.1) is 35.7 Å². The molecule has 2 aromatic heterocycles. The van der Waals surface area contributed by atoms with Gasteiger partial charge in [0, 0.05) is 31.2 Å². The third kappa shape index (κ3) is 3.96. The molecule has 186 valence electrons. The Morgan fingerprint density at radius 1 is 0.944 bits per heavy atom. The summed E-state index contributed by atoms with van der Waals surface area (Å²) in [5.74, 6) is 0.370. The zero-order valence-electron chi connectivity index (χ0n) is 21.6. The second kappa shape index (κ2) is 8.49. The van der Waals surface area contributed by atoms with E-state index < -0.39 is 18.3 Å². The number of aromatic nitrogens is 4. The number of nitrogens with zero attached hydrogens (tertiary/aromatic N) is 5. The molecule has 0 atom stereocenters. The van der Waals surface area contributed by atoms with Gasteiger partial charge in [-0.05, 0) is 63.5 Å². The fraction of sp³-hybridized carbons (Fsp3) is 0.346. The minimum Gasteiger partial charge on any atom is -0.478 e. The highest BCUT2D eigenvalue weighted by Gasteiger charge is 2.52. The van der Waals surface area contributed by atoms with Crippen LogP contribution in [0.4, 0.5) is 0 Å². The number of hydrogen-bond donors (Lipinski definition) is 0. The third-order valence-corrected chi connectivity index (χ3v) is 6.98. The first-order valence-electron chi connectivity index (χ1n) is 11.8. The van der Waals surface area contributed by atoms with Gasteiger partial charge in [0.15, 0.2) is 0 Å². The summed E-state index contributed by atoms with van der Waals surface area (Å²) < 4.78 is 21.6. The van der Waals surface area contributed by atoms with Gasteiger partial charge in [-0.1, -0.05) is 12.1 Å². The molecule has 9 nitrogen and oxygen atoms in total. The average molecular weight is 487 g/mol. The van der Waals surface area contributed by atoms with E-state index in [0.29, 0.717) is 17.1 Å². The topological polar surface area (TPSA) is 83.6 Å². The van der Waals surface area contributed by atoms with Gasteiger partial charge in [-0.2, -0.15) is 5.10 Å². The highest BCUT2D eigenvalue weighted by molar-refractivity contribution is 6.65. The molecule has 0 radical (unpaired) electrons. The zero-order chi connectivity index (χ0) is 25.8. The molecule has 5 rings (SSSR count). The summed E-state index contributed by atoms with van der Waals surface area (Å²) in [7, 11) is 4.54. The summed E-state index contributed by atoms with van der Waals surface area (Å²) in [6, 6.07) is 13.2. The number of carbonyl (C=O) groups excluding carboxylic acids is 1. The Balaban J connectivity index is 1.51. The Kier molecular flexibility index (Phi) is 5.68. The highest BCUT2D eigenvalue weighted by atomic mass is 16.7. The van der Waals surface area contributed by atoms with Crippen molar-refractivity contribution in [1.29, 1.82) is 0 Å². The van der Waals surface area contributed by atoms with Crippen LogP contribution in [0.25, 0.3) is 22.3 Å². The van der Waals surface area contributed by atoms with Gasteiger partial charge in [-0.3, -0.25) is 4.79 Å². The number of rotatable bonds is 5. The summed E-state index contributed by atoms with van der Waals surface area (Å²) in [5.41, 5.74) is 2.94. The van der Waals surface area contributed by atoms with Crippen molar-refractivity contribution < 1.29 is 18.8 Å².